The number of aryl methyl sites for hydroxylation is 1. The number of rotatable bonds is 3. The fourth-order valence-electron chi connectivity index (χ4n) is 2.92. The fraction of sp³-hybridized carbons (Fsp3) is 0.143. The summed E-state index contributed by atoms with van der Waals surface area (Å²) in [5, 5.41) is 8.80. The third kappa shape index (κ3) is 3.10. The van der Waals surface area contributed by atoms with Gasteiger partial charge in [0.25, 0.3) is 0 Å². The Morgan fingerprint density at radius 1 is 1.15 bits per heavy atom. The summed E-state index contributed by atoms with van der Waals surface area (Å²) in [5.74, 6) is 7.74. The van der Waals surface area contributed by atoms with Crippen molar-refractivity contribution in [2.24, 2.45) is 0 Å². The first-order valence-electron chi connectivity index (χ1n) is 8.45. The van der Waals surface area contributed by atoms with Gasteiger partial charge < -0.3 is 10.1 Å². The highest BCUT2D eigenvalue weighted by Gasteiger charge is 2.09. The zero-order valence-electron chi connectivity index (χ0n) is 14.4. The lowest BCUT2D eigenvalue weighted by Crippen LogP contribution is -1.96. The van der Waals surface area contributed by atoms with Gasteiger partial charge in [0.05, 0.1) is 17.6 Å². The number of nitrogens with one attached hydrogen (secondary N) is 1. The van der Waals surface area contributed by atoms with Crippen molar-refractivity contribution < 1.29 is 5.11 Å². The van der Waals surface area contributed by atoms with Crippen molar-refractivity contribution in [3.63, 3.8) is 0 Å². The lowest BCUT2D eigenvalue weighted by molar-refractivity contribution is 0.305. The van der Waals surface area contributed by atoms with Gasteiger partial charge >= 0.3 is 0 Å². The van der Waals surface area contributed by atoms with Crippen LogP contribution in [-0.4, -0.2) is 31.2 Å². The number of nitrogens with zero attached hydrogens (tertiary/aromatic N) is 3. The SMILES string of the molecule is Cc1nc2ccc(-n3ccnc3-c3ccc(C#CCCO)cc3)cc2[nH]1. The molecule has 4 rings (SSSR count). The topological polar surface area (TPSA) is 66.7 Å². The van der Waals surface area contributed by atoms with Crippen LogP contribution in [0.3, 0.4) is 0 Å². The molecule has 0 aliphatic carbocycles. The van der Waals surface area contributed by atoms with Gasteiger partial charge in [0, 0.05) is 35.6 Å². The van der Waals surface area contributed by atoms with Crippen LogP contribution in [-0.2, 0) is 0 Å². The number of aliphatic hydroxyl groups excluding tert-OH is 1. The maximum absolute atomic E-state index is 8.80. The Balaban J connectivity index is 1.69. The second kappa shape index (κ2) is 6.87. The molecule has 4 aromatic rings. The molecule has 0 aliphatic rings. The highest BCUT2D eigenvalue weighted by molar-refractivity contribution is 5.78. The van der Waals surface area contributed by atoms with Crippen LogP contribution in [0.2, 0.25) is 0 Å². The molecule has 0 saturated heterocycles. The first-order valence-corrected chi connectivity index (χ1v) is 8.45. The van der Waals surface area contributed by atoms with E-state index in [1.54, 1.807) is 6.20 Å². The van der Waals surface area contributed by atoms with E-state index in [2.05, 4.69) is 37.4 Å². The zero-order valence-corrected chi connectivity index (χ0v) is 14.4. The van der Waals surface area contributed by atoms with Crippen LogP contribution in [0.25, 0.3) is 28.1 Å². The van der Waals surface area contributed by atoms with Crippen LogP contribution in [0.5, 0.6) is 0 Å². The molecular formula is C21H18N4O. The van der Waals surface area contributed by atoms with Crippen molar-refractivity contribution in [2.75, 3.05) is 6.61 Å². The molecule has 0 saturated carbocycles. The first kappa shape index (κ1) is 16.1. The normalized spacial score (nSPS) is 10.7. The maximum atomic E-state index is 8.80. The standard InChI is InChI=1S/C21H18N4O/c1-15-23-19-10-9-18(14-20(19)24-15)25-12-11-22-21(25)17-7-5-16(6-8-17)4-2-3-13-26/h5-12,14,26H,3,13H2,1H3,(H,23,24). The molecule has 2 aromatic heterocycles. The van der Waals surface area contributed by atoms with E-state index in [9.17, 15) is 0 Å². The second-order valence-corrected chi connectivity index (χ2v) is 6.00. The first-order chi connectivity index (χ1) is 12.7. The highest BCUT2D eigenvalue weighted by Crippen LogP contribution is 2.24. The summed E-state index contributed by atoms with van der Waals surface area (Å²) in [4.78, 5) is 12.2. The zero-order chi connectivity index (χ0) is 17.9. The smallest absolute Gasteiger partial charge is 0.144 e. The van der Waals surface area contributed by atoms with Crippen LogP contribution >= 0.6 is 0 Å². The van der Waals surface area contributed by atoms with Crippen LogP contribution < -0.4 is 0 Å². The average Bonchev–Trinajstić information content (AvgIpc) is 3.27. The fourth-order valence-corrected chi connectivity index (χ4v) is 2.92. The molecule has 0 spiro atoms. The molecule has 2 aromatic carbocycles. The van der Waals surface area contributed by atoms with E-state index in [1.807, 2.05) is 49.5 Å². The average molecular weight is 342 g/mol. The monoisotopic (exact) mass is 342 g/mol. The Kier molecular flexibility index (Phi) is 4.26. The van der Waals surface area contributed by atoms with Gasteiger partial charge in [-0.05, 0) is 37.3 Å². The van der Waals surface area contributed by atoms with Crippen molar-refractivity contribution in [3.05, 3.63) is 66.2 Å². The Labute approximate surface area is 151 Å². The number of hydrogen-bond donors (Lipinski definition) is 2. The molecule has 5 heteroatoms. The molecule has 0 aliphatic heterocycles. The lowest BCUT2D eigenvalue weighted by Gasteiger charge is -2.08. The van der Waals surface area contributed by atoms with E-state index < -0.39 is 0 Å². The van der Waals surface area contributed by atoms with Gasteiger partial charge in [0.2, 0.25) is 0 Å². The Bertz CT molecular complexity index is 1110. The number of H-pyrrole nitrogens is 1. The van der Waals surface area contributed by atoms with E-state index in [0.29, 0.717) is 6.42 Å². The summed E-state index contributed by atoms with van der Waals surface area (Å²) in [6.07, 6.45) is 4.24. The van der Waals surface area contributed by atoms with Crippen molar-refractivity contribution in [1.82, 2.24) is 19.5 Å². The number of fused-ring (bicyclic) bond motifs is 1. The van der Waals surface area contributed by atoms with Crippen molar-refractivity contribution in [2.45, 2.75) is 13.3 Å². The van der Waals surface area contributed by atoms with Gasteiger partial charge in [0.15, 0.2) is 0 Å². The molecule has 2 heterocycles. The summed E-state index contributed by atoms with van der Waals surface area (Å²) in [7, 11) is 0. The quantitative estimate of drug-likeness (QED) is 0.560. The summed E-state index contributed by atoms with van der Waals surface area (Å²) in [6.45, 7) is 2.04. The highest BCUT2D eigenvalue weighted by atomic mass is 16.2. The lowest BCUT2D eigenvalue weighted by atomic mass is 10.1. The predicted octanol–water partition coefficient (Wildman–Crippen LogP) is 3.46. The van der Waals surface area contributed by atoms with Gasteiger partial charge in [-0.2, -0.15) is 0 Å². The molecule has 0 unspecified atom stereocenters. The van der Waals surface area contributed by atoms with Gasteiger partial charge in [-0.15, -0.1) is 0 Å². The van der Waals surface area contributed by atoms with Crippen molar-refractivity contribution >= 4 is 11.0 Å². The van der Waals surface area contributed by atoms with Crippen molar-refractivity contribution in [1.29, 1.82) is 0 Å². The summed E-state index contributed by atoms with van der Waals surface area (Å²) in [5.41, 5.74) is 4.94. The van der Waals surface area contributed by atoms with Crippen LogP contribution in [0.1, 0.15) is 17.8 Å². The van der Waals surface area contributed by atoms with E-state index in [4.69, 9.17) is 5.11 Å². The number of hydrogen-bond acceptors (Lipinski definition) is 3. The Morgan fingerprint density at radius 2 is 2.00 bits per heavy atom. The number of aliphatic hydroxyl groups is 1. The minimum absolute atomic E-state index is 0.0860. The van der Waals surface area contributed by atoms with Crippen LogP contribution in [0.4, 0.5) is 0 Å². The molecular weight excluding hydrogens is 324 g/mol. The number of benzene rings is 2. The van der Waals surface area contributed by atoms with E-state index in [1.165, 1.54) is 0 Å². The summed E-state index contributed by atoms with van der Waals surface area (Å²) in [6, 6.07) is 14.1. The third-order valence-corrected chi connectivity index (χ3v) is 4.12. The van der Waals surface area contributed by atoms with Crippen molar-refractivity contribution in [3.8, 4) is 28.9 Å². The summed E-state index contributed by atoms with van der Waals surface area (Å²) >= 11 is 0. The number of aromatic amines is 1. The molecule has 0 fully saturated rings. The van der Waals surface area contributed by atoms with E-state index in [0.717, 1.165) is 39.5 Å². The predicted molar refractivity (Wildman–Crippen MR) is 102 cm³/mol. The molecule has 2 N–H and O–H groups in total. The second-order valence-electron chi connectivity index (χ2n) is 6.00. The molecule has 0 atom stereocenters. The Hall–Kier alpha value is -3.36. The molecule has 26 heavy (non-hydrogen) atoms. The van der Waals surface area contributed by atoms with Gasteiger partial charge in [-0.1, -0.05) is 24.0 Å². The van der Waals surface area contributed by atoms with Crippen LogP contribution in [0.15, 0.2) is 54.9 Å². The minimum atomic E-state index is 0.0860. The van der Waals surface area contributed by atoms with Crippen LogP contribution in [0, 0.1) is 18.8 Å². The van der Waals surface area contributed by atoms with Gasteiger partial charge in [-0.25, -0.2) is 9.97 Å². The molecule has 0 bridgehead atoms. The largest absolute Gasteiger partial charge is 0.395 e. The third-order valence-electron chi connectivity index (χ3n) is 4.12. The van der Waals surface area contributed by atoms with Gasteiger partial charge in [0.1, 0.15) is 11.6 Å². The maximum Gasteiger partial charge on any atom is 0.144 e. The van der Waals surface area contributed by atoms with Gasteiger partial charge in [-0.3, -0.25) is 4.57 Å². The molecule has 0 amide bonds. The Morgan fingerprint density at radius 3 is 2.81 bits per heavy atom. The van der Waals surface area contributed by atoms with E-state index >= 15 is 0 Å². The number of aromatic nitrogens is 4. The number of imidazole rings is 2. The van der Waals surface area contributed by atoms with E-state index in [-0.39, 0.29) is 6.61 Å². The molecule has 5 nitrogen and oxygen atoms in total. The summed E-state index contributed by atoms with van der Waals surface area (Å²) < 4.78 is 2.06. The molecule has 0 radical (unpaired) electrons. The minimum Gasteiger partial charge on any atom is -0.395 e. The molecule has 128 valence electrons.